The Hall–Kier alpha value is -1.07. The van der Waals surface area contributed by atoms with Crippen LogP contribution in [0.25, 0.3) is 0 Å². The number of aryl methyl sites for hydroxylation is 1. The van der Waals surface area contributed by atoms with E-state index in [-0.39, 0.29) is 0 Å². The number of quaternary nitrogens is 1. The minimum absolute atomic E-state index is 1.14. The Balaban J connectivity index is 1.62. The number of nitrogens with zero attached hydrogens (tertiary/aromatic N) is 2. The third-order valence-corrected chi connectivity index (χ3v) is 5.42. The van der Waals surface area contributed by atoms with Crippen molar-refractivity contribution in [3.63, 3.8) is 0 Å². The van der Waals surface area contributed by atoms with Crippen LogP contribution in [0.3, 0.4) is 0 Å². The molecule has 1 saturated heterocycles. The van der Waals surface area contributed by atoms with Crippen molar-refractivity contribution in [2.24, 2.45) is 0 Å². The minimum atomic E-state index is 1.14. The van der Waals surface area contributed by atoms with E-state index in [9.17, 15) is 0 Å². The molecule has 1 aliphatic heterocycles. The second kappa shape index (κ2) is 6.59. The van der Waals surface area contributed by atoms with Gasteiger partial charge in [0.05, 0.1) is 33.2 Å². The van der Waals surface area contributed by atoms with Gasteiger partial charge in [-0.15, -0.1) is 0 Å². The molecule has 0 amide bonds. The van der Waals surface area contributed by atoms with Crippen LogP contribution in [0.4, 0.5) is 5.69 Å². The summed E-state index contributed by atoms with van der Waals surface area (Å²) >= 11 is 2.37. The summed E-state index contributed by atoms with van der Waals surface area (Å²) < 4.78 is 2.45. The molecule has 2 aromatic rings. The molecule has 3 heteroatoms. The fraction of sp³-hybridized carbons (Fsp3) is 0.368. The largest absolute Gasteiger partial charge is 0.360 e. The van der Waals surface area contributed by atoms with Crippen molar-refractivity contribution in [2.75, 3.05) is 38.1 Å². The number of benzene rings is 2. The Labute approximate surface area is 147 Å². The highest BCUT2D eigenvalue weighted by atomic mass is 127. The average Bonchev–Trinajstić information content (AvgIpc) is 2.51. The van der Waals surface area contributed by atoms with E-state index in [1.807, 2.05) is 0 Å². The maximum atomic E-state index is 2.52. The molecule has 0 atom stereocenters. The lowest BCUT2D eigenvalue weighted by molar-refractivity contribution is -0.923. The maximum Gasteiger partial charge on any atom is 0.104 e. The van der Waals surface area contributed by atoms with Crippen LogP contribution in [0.15, 0.2) is 48.5 Å². The van der Waals surface area contributed by atoms with Crippen LogP contribution in [-0.2, 0) is 6.54 Å². The predicted molar refractivity (Wildman–Crippen MR) is 102 cm³/mol. The van der Waals surface area contributed by atoms with Gasteiger partial charge in [-0.1, -0.05) is 29.8 Å². The monoisotopic (exact) mass is 407 g/mol. The van der Waals surface area contributed by atoms with E-state index in [4.69, 9.17) is 0 Å². The number of halogens is 1. The quantitative estimate of drug-likeness (QED) is 0.548. The molecular weight excluding hydrogens is 383 g/mol. The fourth-order valence-corrected chi connectivity index (χ4v) is 3.51. The highest BCUT2D eigenvalue weighted by molar-refractivity contribution is 14.1. The first kappa shape index (κ1) is 15.8. The molecule has 2 nitrogen and oxygen atoms in total. The molecule has 0 spiro atoms. The van der Waals surface area contributed by atoms with Crippen molar-refractivity contribution in [1.29, 1.82) is 0 Å². The van der Waals surface area contributed by atoms with Gasteiger partial charge in [0.2, 0.25) is 0 Å². The van der Waals surface area contributed by atoms with Crippen molar-refractivity contribution in [3.8, 4) is 0 Å². The van der Waals surface area contributed by atoms with Crippen molar-refractivity contribution in [2.45, 2.75) is 13.5 Å². The Kier molecular flexibility index (Phi) is 4.73. The number of hydrogen-bond acceptors (Lipinski definition) is 1. The second-order valence-electron chi connectivity index (χ2n) is 6.67. The zero-order valence-corrected chi connectivity index (χ0v) is 15.6. The summed E-state index contributed by atoms with van der Waals surface area (Å²) in [6.07, 6.45) is 0. The molecule has 0 aromatic heterocycles. The van der Waals surface area contributed by atoms with E-state index in [1.54, 1.807) is 0 Å². The van der Waals surface area contributed by atoms with E-state index in [1.165, 1.54) is 33.5 Å². The summed E-state index contributed by atoms with van der Waals surface area (Å²) in [5.41, 5.74) is 4.16. The number of hydrogen-bond donors (Lipinski definition) is 0. The lowest BCUT2D eigenvalue weighted by atomic mass is 10.1. The van der Waals surface area contributed by atoms with Gasteiger partial charge in [0.25, 0.3) is 0 Å². The number of anilines is 1. The molecule has 2 aromatic carbocycles. The summed E-state index contributed by atoms with van der Waals surface area (Å²) in [5.74, 6) is 0. The Bertz CT molecular complexity index is 611. The van der Waals surface area contributed by atoms with Crippen LogP contribution in [0.1, 0.15) is 11.1 Å². The fourth-order valence-electron chi connectivity index (χ4n) is 3.15. The van der Waals surface area contributed by atoms with Gasteiger partial charge in [0, 0.05) is 14.8 Å². The van der Waals surface area contributed by atoms with Gasteiger partial charge >= 0.3 is 0 Å². The van der Waals surface area contributed by atoms with Crippen LogP contribution in [-0.4, -0.2) is 37.7 Å². The molecule has 1 aliphatic rings. The highest BCUT2D eigenvalue weighted by Crippen LogP contribution is 2.22. The van der Waals surface area contributed by atoms with Gasteiger partial charge in [-0.2, -0.15) is 0 Å². The zero-order chi connectivity index (χ0) is 15.6. The third kappa shape index (κ3) is 3.82. The second-order valence-corrected chi connectivity index (χ2v) is 7.92. The Morgan fingerprint density at radius 1 is 0.955 bits per heavy atom. The van der Waals surface area contributed by atoms with E-state index in [0.29, 0.717) is 0 Å². The maximum absolute atomic E-state index is 2.52. The van der Waals surface area contributed by atoms with Crippen molar-refractivity contribution in [3.05, 3.63) is 63.2 Å². The van der Waals surface area contributed by atoms with Gasteiger partial charge in [-0.05, 0) is 53.8 Å². The van der Waals surface area contributed by atoms with Gasteiger partial charge < -0.3 is 9.38 Å². The first-order valence-electron chi connectivity index (χ1n) is 7.94. The minimum Gasteiger partial charge on any atom is -0.360 e. The predicted octanol–water partition coefficient (Wildman–Crippen LogP) is 4.07. The molecule has 3 rings (SSSR count). The smallest absolute Gasteiger partial charge is 0.104 e. The molecule has 0 aliphatic carbocycles. The molecule has 22 heavy (non-hydrogen) atoms. The molecule has 0 radical (unpaired) electrons. The topological polar surface area (TPSA) is 3.24 Å². The molecule has 1 fully saturated rings. The van der Waals surface area contributed by atoms with Crippen molar-refractivity contribution < 1.29 is 4.48 Å². The Morgan fingerprint density at radius 3 is 2.14 bits per heavy atom. The summed E-state index contributed by atoms with van der Waals surface area (Å²) in [7, 11) is 2.39. The average molecular weight is 407 g/mol. The molecular formula is C19H24IN2+. The van der Waals surface area contributed by atoms with Gasteiger partial charge in [-0.25, -0.2) is 0 Å². The van der Waals surface area contributed by atoms with E-state index in [2.05, 4.69) is 90.0 Å². The molecule has 116 valence electrons. The summed E-state index contributed by atoms with van der Waals surface area (Å²) in [6.45, 7) is 7.99. The molecule has 1 heterocycles. The summed E-state index contributed by atoms with van der Waals surface area (Å²) in [6, 6.07) is 17.9. The third-order valence-electron chi connectivity index (χ3n) is 4.70. The molecule has 0 bridgehead atoms. The first-order valence-corrected chi connectivity index (χ1v) is 9.02. The van der Waals surface area contributed by atoms with Crippen molar-refractivity contribution in [1.82, 2.24) is 0 Å². The summed E-state index contributed by atoms with van der Waals surface area (Å²) in [4.78, 5) is 2.52. The first-order chi connectivity index (χ1) is 10.5. The number of piperazine rings is 1. The zero-order valence-electron chi connectivity index (χ0n) is 13.4. The van der Waals surface area contributed by atoms with Crippen LogP contribution >= 0.6 is 22.6 Å². The molecule has 0 unspecified atom stereocenters. The lowest BCUT2D eigenvalue weighted by Crippen LogP contribution is -2.56. The Morgan fingerprint density at radius 2 is 1.55 bits per heavy atom. The highest BCUT2D eigenvalue weighted by Gasteiger charge is 2.28. The van der Waals surface area contributed by atoms with E-state index in [0.717, 1.165) is 24.1 Å². The van der Waals surface area contributed by atoms with Crippen molar-refractivity contribution >= 4 is 28.3 Å². The van der Waals surface area contributed by atoms with Gasteiger partial charge in [0.1, 0.15) is 6.54 Å². The SMILES string of the molecule is Cc1ccc(C[N+]2(C)CCN(c3ccc(I)cc3)CC2)cc1. The molecule has 0 N–H and O–H groups in total. The lowest BCUT2D eigenvalue weighted by Gasteiger charge is -2.43. The van der Waals surface area contributed by atoms with E-state index >= 15 is 0 Å². The summed E-state index contributed by atoms with van der Waals surface area (Å²) in [5, 5.41) is 0. The molecule has 0 saturated carbocycles. The van der Waals surface area contributed by atoms with Gasteiger partial charge in [-0.3, -0.25) is 0 Å². The van der Waals surface area contributed by atoms with Gasteiger partial charge in [0.15, 0.2) is 0 Å². The normalized spacial score (nSPS) is 17.5. The van der Waals surface area contributed by atoms with Crippen LogP contribution < -0.4 is 4.90 Å². The van der Waals surface area contributed by atoms with E-state index < -0.39 is 0 Å². The van der Waals surface area contributed by atoms with Crippen LogP contribution in [0.5, 0.6) is 0 Å². The number of rotatable bonds is 3. The van der Waals surface area contributed by atoms with Crippen LogP contribution in [0.2, 0.25) is 0 Å². The number of likely N-dealkylation sites (N-methyl/N-ethyl adjacent to an activating group) is 1. The van der Waals surface area contributed by atoms with Crippen LogP contribution in [0, 0.1) is 10.5 Å². The standard InChI is InChI=1S/C19H24IN2/c1-16-3-5-17(6-4-16)15-22(2)13-11-21(12-14-22)19-9-7-18(20)8-10-19/h3-10H,11-15H2,1-2H3/q+1.